The Hall–Kier alpha value is -1.16. The average Bonchev–Trinajstić information content (AvgIpc) is 2.79. The van der Waals surface area contributed by atoms with Gasteiger partial charge in [0.15, 0.2) is 0 Å². The fourth-order valence-electron chi connectivity index (χ4n) is 2.14. The van der Waals surface area contributed by atoms with E-state index in [2.05, 4.69) is 22.9 Å². The molecule has 1 aromatic rings. The Bertz CT molecular complexity index is 455. The van der Waals surface area contributed by atoms with Gasteiger partial charge in [0.2, 0.25) is 5.91 Å². The van der Waals surface area contributed by atoms with E-state index >= 15 is 0 Å². The Morgan fingerprint density at radius 3 is 2.56 bits per heavy atom. The third-order valence-electron chi connectivity index (χ3n) is 3.38. The van der Waals surface area contributed by atoms with E-state index in [0.29, 0.717) is 24.4 Å². The molecule has 2 rings (SSSR count). The molecule has 1 heterocycles. The first-order valence-corrected chi connectivity index (χ1v) is 7.27. The second-order valence-electron chi connectivity index (χ2n) is 4.62. The molecule has 1 aliphatic rings. The lowest BCUT2D eigenvalue weighted by atomic mass is 10.1. The first kappa shape index (κ1) is 13.3. The molecular formula is C14H16BrNO2. The minimum Gasteiger partial charge on any atom is -0.278 e. The van der Waals surface area contributed by atoms with Gasteiger partial charge >= 0.3 is 0 Å². The highest BCUT2D eigenvalue weighted by Gasteiger charge is 2.33. The molecule has 0 radical (unpaired) electrons. The molecular weight excluding hydrogens is 294 g/mol. The van der Waals surface area contributed by atoms with Crippen molar-refractivity contribution in [2.45, 2.75) is 25.1 Å². The first-order valence-electron chi connectivity index (χ1n) is 6.15. The molecule has 0 N–H and O–H groups in total. The summed E-state index contributed by atoms with van der Waals surface area (Å²) < 4.78 is 0. The zero-order valence-electron chi connectivity index (χ0n) is 10.4. The molecule has 1 saturated heterocycles. The summed E-state index contributed by atoms with van der Waals surface area (Å²) >= 11 is 3.36. The Morgan fingerprint density at radius 1 is 1.39 bits per heavy atom. The van der Waals surface area contributed by atoms with E-state index in [1.807, 2.05) is 12.1 Å². The second kappa shape index (κ2) is 5.65. The SMILES string of the molecule is CCC1CC(=O)N(C(=O)c2ccc(CBr)cc2)C1. The molecule has 0 bridgehead atoms. The van der Waals surface area contributed by atoms with E-state index < -0.39 is 0 Å². The molecule has 3 nitrogen and oxygen atoms in total. The van der Waals surface area contributed by atoms with Gasteiger partial charge in [0.1, 0.15) is 0 Å². The Kier molecular flexibility index (Phi) is 4.17. The van der Waals surface area contributed by atoms with E-state index in [9.17, 15) is 9.59 Å². The summed E-state index contributed by atoms with van der Waals surface area (Å²) in [6, 6.07) is 7.37. The number of carbonyl (C=O) groups excluding carboxylic acids is 2. The summed E-state index contributed by atoms with van der Waals surface area (Å²) in [5, 5.41) is 0.766. The molecule has 1 aromatic carbocycles. The van der Waals surface area contributed by atoms with Crippen LogP contribution in [0, 0.1) is 5.92 Å². The van der Waals surface area contributed by atoms with Gasteiger partial charge in [-0.25, -0.2) is 0 Å². The van der Waals surface area contributed by atoms with Gasteiger partial charge in [-0.05, 0) is 23.6 Å². The number of hydrogen-bond acceptors (Lipinski definition) is 2. The lowest BCUT2D eigenvalue weighted by Crippen LogP contribution is -2.32. The number of alkyl halides is 1. The van der Waals surface area contributed by atoms with Crippen LogP contribution in [0.4, 0.5) is 0 Å². The van der Waals surface area contributed by atoms with Gasteiger partial charge in [0.25, 0.3) is 5.91 Å². The minimum atomic E-state index is -0.169. The van der Waals surface area contributed by atoms with Crippen LogP contribution < -0.4 is 0 Å². The summed E-state index contributed by atoms with van der Waals surface area (Å²) in [5.74, 6) is 0.108. The predicted molar refractivity (Wildman–Crippen MR) is 73.5 cm³/mol. The van der Waals surface area contributed by atoms with E-state index in [4.69, 9.17) is 0 Å². The molecule has 1 unspecified atom stereocenters. The van der Waals surface area contributed by atoms with Crippen LogP contribution in [0.15, 0.2) is 24.3 Å². The smallest absolute Gasteiger partial charge is 0.260 e. The molecule has 2 amide bonds. The fourth-order valence-corrected chi connectivity index (χ4v) is 2.52. The summed E-state index contributed by atoms with van der Waals surface area (Å²) in [5.41, 5.74) is 1.70. The topological polar surface area (TPSA) is 37.4 Å². The van der Waals surface area contributed by atoms with Gasteiger partial charge in [-0.15, -0.1) is 0 Å². The van der Waals surface area contributed by atoms with E-state index in [0.717, 1.165) is 17.3 Å². The summed E-state index contributed by atoms with van der Waals surface area (Å²) in [4.78, 5) is 25.4. The number of imide groups is 1. The third-order valence-corrected chi connectivity index (χ3v) is 4.03. The van der Waals surface area contributed by atoms with E-state index in [-0.39, 0.29) is 11.8 Å². The van der Waals surface area contributed by atoms with Crippen molar-refractivity contribution in [3.05, 3.63) is 35.4 Å². The van der Waals surface area contributed by atoms with Crippen LogP contribution in [0.25, 0.3) is 0 Å². The predicted octanol–water partition coefficient (Wildman–Crippen LogP) is 2.98. The molecule has 1 fully saturated rings. The van der Waals surface area contributed by atoms with Crippen molar-refractivity contribution in [2.24, 2.45) is 5.92 Å². The van der Waals surface area contributed by atoms with Crippen molar-refractivity contribution < 1.29 is 9.59 Å². The highest BCUT2D eigenvalue weighted by molar-refractivity contribution is 9.08. The minimum absolute atomic E-state index is 0.0450. The number of likely N-dealkylation sites (tertiary alicyclic amines) is 1. The van der Waals surface area contributed by atoms with Crippen molar-refractivity contribution in [2.75, 3.05) is 6.54 Å². The quantitative estimate of drug-likeness (QED) is 0.636. The average molecular weight is 310 g/mol. The van der Waals surface area contributed by atoms with Gasteiger partial charge in [-0.1, -0.05) is 41.4 Å². The van der Waals surface area contributed by atoms with Gasteiger partial charge in [0.05, 0.1) is 0 Å². The molecule has 4 heteroatoms. The number of nitrogens with zero attached hydrogens (tertiary/aromatic N) is 1. The van der Waals surface area contributed by atoms with Crippen molar-refractivity contribution in [3.8, 4) is 0 Å². The molecule has 1 atom stereocenters. The van der Waals surface area contributed by atoms with Crippen LogP contribution in [-0.2, 0) is 10.1 Å². The number of rotatable bonds is 3. The maximum atomic E-state index is 12.2. The Balaban J connectivity index is 2.13. The number of benzene rings is 1. The molecule has 0 saturated carbocycles. The van der Waals surface area contributed by atoms with Crippen LogP contribution >= 0.6 is 15.9 Å². The lowest BCUT2D eigenvalue weighted by molar-refractivity contribution is -0.125. The maximum Gasteiger partial charge on any atom is 0.260 e. The van der Waals surface area contributed by atoms with Gasteiger partial charge in [0, 0.05) is 23.9 Å². The molecule has 0 aliphatic carbocycles. The summed E-state index contributed by atoms with van der Waals surface area (Å²) in [7, 11) is 0. The number of amides is 2. The molecule has 96 valence electrons. The fraction of sp³-hybridized carbons (Fsp3) is 0.429. The van der Waals surface area contributed by atoms with Crippen molar-refractivity contribution in [1.29, 1.82) is 0 Å². The van der Waals surface area contributed by atoms with Crippen molar-refractivity contribution >= 4 is 27.7 Å². The summed E-state index contributed by atoms with van der Waals surface area (Å²) in [6.45, 7) is 2.62. The maximum absolute atomic E-state index is 12.2. The summed E-state index contributed by atoms with van der Waals surface area (Å²) in [6.07, 6.45) is 1.44. The van der Waals surface area contributed by atoms with Crippen LogP contribution in [0.3, 0.4) is 0 Å². The molecule has 1 aliphatic heterocycles. The van der Waals surface area contributed by atoms with Crippen LogP contribution in [-0.4, -0.2) is 23.3 Å². The highest BCUT2D eigenvalue weighted by Crippen LogP contribution is 2.22. The van der Waals surface area contributed by atoms with Crippen LogP contribution in [0.2, 0.25) is 0 Å². The zero-order valence-corrected chi connectivity index (χ0v) is 11.9. The number of carbonyl (C=O) groups is 2. The van der Waals surface area contributed by atoms with Crippen LogP contribution in [0.5, 0.6) is 0 Å². The van der Waals surface area contributed by atoms with Crippen molar-refractivity contribution in [1.82, 2.24) is 4.90 Å². The largest absolute Gasteiger partial charge is 0.278 e. The Morgan fingerprint density at radius 2 is 2.06 bits per heavy atom. The Labute approximate surface area is 115 Å². The molecule has 0 spiro atoms. The molecule has 18 heavy (non-hydrogen) atoms. The van der Waals surface area contributed by atoms with E-state index in [1.165, 1.54) is 4.90 Å². The van der Waals surface area contributed by atoms with Gasteiger partial charge < -0.3 is 0 Å². The van der Waals surface area contributed by atoms with Crippen molar-refractivity contribution in [3.63, 3.8) is 0 Å². The highest BCUT2D eigenvalue weighted by atomic mass is 79.9. The first-order chi connectivity index (χ1) is 8.65. The van der Waals surface area contributed by atoms with E-state index in [1.54, 1.807) is 12.1 Å². The monoisotopic (exact) mass is 309 g/mol. The number of halogens is 1. The standard InChI is InChI=1S/C14H16BrNO2/c1-2-10-7-13(17)16(9-10)14(18)12-5-3-11(8-15)4-6-12/h3-6,10H,2,7-9H2,1H3. The van der Waals surface area contributed by atoms with Gasteiger partial charge in [-0.3, -0.25) is 14.5 Å². The lowest BCUT2D eigenvalue weighted by Gasteiger charge is -2.14. The molecule has 0 aromatic heterocycles. The number of hydrogen-bond donors (Lipinski definition) is 0. The van der Waals surface area contributed by atoms with Crippen LogP contribution in [0.1, 0.15) is 35.7 Å². The third kappa shape index (κ3) is 2.64. The van der Waals surface area contributed by atoms with Gasteiger partial charge in [-0.2, -0.15) is 0 Å². The zero-order chi connectivity index (χ0) is 13.1. The normalized spacial score (nSPS) is 19.3. The second-order valence-corrected chi connectivity index (χ2v) is 5.18.